The van der Waals surface area contributed by atoms with E-state index in [4.69, 9.17) is 4.74 Å². The molecule has 0 fully saturated rings. The zero-order valence-corrected chi connectivity index (χ0v) is 21.9. The Bertz CT molecular complexity index is 1500. The van der Waals surface area contributed by atoms with Crippen LogP contribution >= 0.6 is 11.8 Å². The molecular weight excluding hydrogens is 494 g/mol. The number of nitrogens with zero attached hydrogens (tertiary/aromatic N) is 3. The van der Waals surface area contributed by atoms with Gasteiger partial charge in [-0.25, -0.2) is 0 Å². The molecule has 4 aromatic carbocycles. The zero-order valence-electron chi connectivity index (χ0n) is 21.1. The van der Waals surface area contributed by atoms with Crippen molar-refractivity contribution >= 4 is 34.1 Å². The van der Waals surface area contributed by atoms with Crippen molar-refractivity contribution in [2.75, 3.05) is 18.2 Å². The first-order chi connectivity index (χ1) is 18.7. The number of hydrogen-bond acceptors (Lipinski definition) is 6. The Balaban J connectivity index is 1.23. The lowest BCUT2D eigenvalue weighted by Gasteiger charge is -2.13. The van der Waals surface area contributed by atoms with Crippen molar-refractivity contribution in [3.05, 3.63) is 108 Å². The molecule has 0 aliphatic rings. The number of fused-ring (bicyclic) bond motifs is 1. The summed E-state index contributed by atoms with van der Waals surface area (Å²) in [6.07, 6.45) is 0.381. The fraction of sp³-hybridized carbons (Fsp3) is 0.167. The minimum absolute atomic E-state index is 0.00283. The standard InChI is InChI=1S/C30H29N5O2S/c1-37-25-16-14-22(15-17-25)20-32-29(36)18-19-38-30-34-33-28(35(30)24-10-3-2-4-11-24)21-31-27-13-7-9-23-8-5-6-12-26(23)27/h2-17,31H,18-21H2,1H3,(H,32,36). The van der Waals surface area contributed by atoms with Crippen LogP contribution in [0.5, 0.6) is 5.75 Å². The summed E-state index contributed by atoms with van der Waals surface area (Å²) in [5, 5.41) is 18.6. The lowest BCUT2D eigenvalue weighted by molar-refractivity contribution is -0.120. The summed E-state index contributed by atoms with van der Waals surface area (Å²) in [5.74, 6) is 2.19. The number of benzene rings is 4. The molecule has 2 N–H and O–H groups in total. The van der Waals surface area contributed by atoms with Gasteiger partial charge in [-0.15, -0.1) is 10.2 Å². The van der Waals surface area contributed by atoms with Crippen molar-refractivity contribution in [1.29, 1.82) is 0 Å². The van der Waals surface area contributed by atoms with E-state index in [1.807, 2.05) is 72.8 Å². The van der Waals surface area contributed by atoms with Gasteiger partial charge < -0.3 is 15.4 Å². The SMILES string of the molecule is COc1ccc(CNC(=O)CCSc2nnc(CNc3cccc4ccccc34)n2-c2ccccc2)cc1. The van der Waals surface area contributed by atoms with E-state index in [-0.39, 0.29) is 5.91 Å². The molecule has 1 aromatic heterocycles. The van der Waals surface area contributed by atoms with Crippen molar-refractivity contribution in [1.82, 2.24) is 20.1 Å². The number of ether oxygens (including phenoxy) is 1. The van der Waals surface area contributed by atoms with E-state index in [0.29, 0.717) is 25.3 Å². The van der Waals surface area contributed by atoms with Gasteiger partial charge in [-0.1, -0.05) is 78.5 Å². The van der Waals surface area contributed by atoms with Gasteiger partial charge in [0.2, 0.25) is 5.91 Å². The van der Waals surface area contributed by atoms with Gasteiger partial charge in [0.25, 0.3) is 0 Å². The van der Waals surface area contributed by atoms with Crippen LogP contribution in [0.3, 0.4) is 0 Å². The van der Waals surface area contributed by atoms with Gasteiger partial charge in [-0.2, -0.15) is 0 Å². The molecule has 0 unspecified atom stereocenters. The van der Waals surface area contributed by atoms with Crippen molar-refractivity contribution in [3.8, 4) is 11.4 Å². The van der Waals surface area contributed by atoms with E-state index in [2.05, 4.69) is 49.7 Å². The number of thioether (sulfide) groups is 1. The number of rotatable bonds is 11. The van der Waals surface area contributed by atoms with E-state index < -0.39 is 0 Å². The predicted molar refractivity (Wildman–Crippen MR) is 153 cm³/mol. The van der Waals surface area contributed by atoms with Crippen LogP contribution in [0.4, 0.5) is 5.69 Å². The van der Waals surface area contributed by atoms with Crippen molar-refractivity contribution in [3.63, 3.8) is 0 Å². The molecule has 192 valence electrons. The zero-order chi connectivity index (χ0) is 26.2. The molecular formula is C30H29N5O2S. The number of carbonyl (C=O) groups is 1. The molecule has 1 amide bonds. The normalized spacial score (nSPS) is 10.9. The predicted octanol–water partition coefficient (Wildman–Crippen LogP) is 5.84. The average molecular weight is 524 g/mol. The molecule has 8 heteroatoms. The second-order valence-corrected chi connectivity index (χ2v) is 9.74. The summed E-state index contributed by atoms with van der Waals surface area (Å²) in [6.45, 7) is 0.997. The number of carbonyl (C=O) groups excluding carboxylic acids is 1. The second-order valence-electron chi connectivity index (χ2n) is 8.67. The number of aromatic nitrogens is 3. The van der Waals surface area contributed by atoms with E-state index in [0.717, 1.165) is 39.1 Å². The first kappa shape index (κ1) is 25.4. The number of anilines is 1. The Morgan fingerprint density at radius 1 is 0.868 bits per heavy atom. The van der Waals surface area contributed by atoms with E-state index in [9.17, 15) is 4.79 Å². The van der Waals surface area contributed by atoms with Gasteiger partial charge in [0, 0.05) is 35.5 Å². The van der Waals surface area contributed by atoms with Crippen molar-refractivity contribution in [2.45, 2.75) is 24.7 Å². The van der Waals surface area contributed by atoms with Crippen LogP contribution in [-0.2, 0) is 17.9 Å². The highest BCUT2D eigenvalue weighted by molar-refractivity contribution is 7.99. The molecule has 0 aliphatic carbocycles. The number of nitrogens with one attached hydrogen (secondary N) is 2. The van der Waals surface area contributed by atoms with Crippen LogP contribution in [0.25, 0.3) is 16.5 Å². The van der Waals surface area contributed by atoms with E-state index in [1.165, 1.54) is 17.1 Å². The minimum Gasteiger partial charge on any atom is -0.497 e. The van der Waals surface area contributed by atoms with Gasteiger partial charge in [-0.05, 0) is 41.3 Å². The van der Waals surface area contributed by atoms with Crippen LogP contribution in [0.1, 0.15) is 17.8 Å². The topological polar surface area (TPSA) is 81.1 Å². The maximum absolute atomic E-state index is 12.5. The Labute approximate surface area is 226 Å². The largest absolute Gasteiger partial charge is 0.497 e. The molecule has 0 saturated heterocycles. The smallest absolute Gasteiger partial charge is 0.221 e. The summed E-state index contributed by atoms with van der Waals surface area (Å²) < 4.78 is 7.23. The Morgan fingerprint density at radius 3 is 2.45 bits per heavy atom. The third-order valence-electron chi connectivity index (χ3n) is 6.15. The summed E-state index contributed by atoms with van der Waals surface area (Å²) >= 11 is 1.53. The van der Waals surface area contributed by atoms with Gasteiger partial charge in [0.15, 0.2) is 11.0 Å². The maximum atomic E-state index is 12.5. The fourth-order valence-electron chi connectivity index (χ4n) is 4.17. The molecule has 0 radical (unpaired) electrons. The number of hydrogen-bond donors (Lipinski definition) is 2. The van der Waals surface area contributed by atoms with E-state index >= 15 is 0 Å². The van der Waals surface area contributed by atoms with Gasteiger partial charge >= 0.3 is 0 Å². The average Bonchev–Trinajstić information content (AvgIpc) is 3.38. The molecule has 1 heterocycles. The molecule has 38 heavy (non-hydrogen) atoms. The Hall–Kier alpha value is -4.30. The number of para-hydroxylation sites is 1. The monoisotopic (exact) mass is 523 g/mol. The second kappa shape index (κ2) is 12.3. The highest BCUT2D eigenvalue weighted by Crippen LogP contribution is 2.26. The molecule has 7 nitrogen and oxygen atoms in total. The fourth-order valence-corrected chi connectivity index (χ4v) is 5.07. The van der Waals surface area contributed by atoms with Crippen LogP contribution in [0, 0.1) is 0 Å². The first-order valence-electron chi connectivity index (χ1n) is 12.4. The number of methoxy groups -OCH3 is 1. The van der Waals surface area contributed by atoms with Gasteiger partial charge in [0.05, 0.1) is 13.7 Å². The van der Waals surface area contributed by atoms with Crippen molar-refractivity contribution < 1.29 is 9.53 Å². The third kappa shape index (κ3) is 6.15. The maximum Gasteiger partial charge on any atom is 0.221 e. The molecule has 0 atom stereocenters. The summed E-state index contributed by atoms with van der Waals surface area (Å²) in [7, 11) is 1.64. The third-order valence-corrected chi connectivity index (χ3v) is 7.08. The molecule has 0 bridgehead atoms. The summed E-state index contributed by atoms with van der Waals surface area (Å²) in [6, 6.07) is 32.3. The lowest BCUT2D eigenvalue weighted by Crippen LogP contribution is -2.23. The molecule has 5 rings (SSSR count). The molecule has 0 saturated carbocycles. The van der Waals surface area contributed by atoms with E-state index in [1.54, 1.807) is 7.11 Å². The quantitative estimate of drug-likeness (QED) is 0.212. The Kier molecular flexibility index (Phi) is 8.20. The molecule has 0 aliphatic heterocycles. The molecule has 5 aromatic rings. The summed E-state index contributed by atoms with van der Waals surface area (Å²) in [5.41, 5.74) is 3.06. The minimum atomic E-state index is -0.00283. The highest BCUT2D eigenvalue weighted by atomic mass is 32.2. The lowest BCUT2D eigenvalue weighted by atomic mass is 10.1. The first-order valence-corrected chi connectivity index (χ1v) is 13.4. The van der Waals surface area contributed by atoms with Crippen LogP contribution in [0.15, 0.2) is 102 Å². The van der Waals surface area contributed by atoms with Crippen molar-refractivity contribution in [2.24, 2.45) is 0 Å². The highest BCUT2D eigenvalue weighted by Gasteiger charge is 2.15. The van der Waals surface area contributed by atoms with Gasteiger partial charge in [-0.3, -0.25) is 9.36 Å². The number of amides is 1. The summed E-state index contributed by atoms with van der Waals surface area (Å²) in [4.78, 5) is 12.5. The Morgan fingerprint density at radius 2 is 1.63 bits per heavy atom. The molecule has 0 spiro atoms. The van der Waals surface area contributed by atoms with Gasteiger partial charge in [0.1, 0.15) is 5.75 Å². The van der Waals surface area contributed by atoms with Crippen LogP contribution in [-0.4, -0.2) is 33.5 Å². The van der Waals surface area contributed by atoms with Crippen LogP contribution < -0.4 is 15.4 Å². The van der Waals surface area contributed by atoms with Crippen LogP contribution in [0.2, 0.25) is 0 Å².